The second-order valence-electron chi connectivity index (χ2n) is 8.95. The van der Waals surface area contributed by atoms with Crippen molar-refractivity contribution < 1.29 is 20.1 Å². The molecule has 156 valence electrons. The van der Waals surface area contributed by atoms with Crippen molar-refractivity contribution in [1.29, 1.82) is 0 Å². The Kier molecular flexibility index (Phi) is 5.17. The number of aliphatic carboxylic acids is 1. The molecule has 0 bridgehead atoms. The van der Waals surface area contributed by atoms with Gasteiger partial charge in [-0.15, -0.1) is 11.3 Å². The zero-order chi connectivity index (χ0) is 20.8. The van der Waals surface area contributed by atoms with Crippen molar-refractivity contribution in [1.82, 2.24) is 4.98 Å². The summed E-state index contributed by atoms with van der Waals surface area (Å²) in [5, 5.41) is 34.6. The number of carbonyl (C=O) groups is 1. The molecule has 4 N–H and O–H groups in total. The van der Waals surface area contributed by atoms with Gasteiger partial charge < -0.3 is 20.6 Å². The average molecular weight is 417 g/mol. The van der Waals surface area contributed by atoms with E-state index in [2.05, 4.69) is 12.2 Å². The summed E-state index contributed by atoms with van der Waals surface area (Å²) in [6.07, 6.45) is 1.41. The van der Waals surface area contributed by atoms with Crippen LogP contribution in [0.25, 0.3) is 0 Å². The Morgan fingerprint density at radius 1 is 1.31 bits per heavy atom. The van der Waals surface area contributed by atoms with Gasteiger partial charge in [-0.1, -0.05) is 32.0 Å². The normalized spacial score (nSPS) is 33.6. The number of nitrogens with one attached hydrogen (secondary N) is 1. The van der Waals surface area contributed by atoms with Crippen molar-refractivity contribution in [2.45, 2.75) is 51.6 Å². The number of thiazole rings is 1. The summed E-state index contributed by atoms with van der Waals surface area (Å²) in [4.78, 5) is 17.6. The summed E-state index contributed by atoms with van der Waals surface area (Å²) in [5.41, 5.74) is 0.817. The molecule has 1 aromatic carbocycles. The predicted octanol–water partition coefficient (Wildman–Crippen LogP) is 3.78. The van der Waals surface area contributed by atoms with E-state index in [1.807, 2.05) is 37.3 Å². The van der Waals surface area contributed by atoms with Crippen LogP contribution in [0.3, 0.4) is 0 Å². The Hall–Kier alpha value is -1.96. The first-order chi connectivity index (χ1) is 13.8. The van der Waals surface area contributed by atoms with Crippen LogP contribution < -0.4 is 5.32 Å². The van der Waals surface area contributed by atoms with Gasteiger partial charge in [0.15, 0.2) is 5.13 Å². The zero-order valence-electron chi connectivity index (χ0n) is 16.8. The van der Waals surface area contributed by atoms with Crippen LogP contribution >= 0.6 is 11.3 Å². The van der Waals surface area contributed by atoms with Gasteiger partial charge in [-0.3, -0.25) is 4.79 Å². The number of carboxylic acids is 1. The van der Waals surface area contributed by atoms with Crippen molar-refractivity contribution in [3.8, 4) is 0 Å². The summed E-state index contributed by atoms with van der Waals surface area (Å²) in [5.74, 6) is -1.09. The fraction of sp³-hybridized carbons (Fsp3) is 0.545. The maximum atomic E-state index is 11.7. The molecule has 0 aliphatic heterocycles. The first-order valence-corrected chi connectivity index (χ1v) is 10.9. The van der Waals surface area contributed by atoms with E-state index in [9.17, 15) is 20.1 Å². The molecule has 1 heterocycles. The van der Waals surface area contributed by atoms with Crippen LogP contribution in [0.4, 0.5) is 10.8 Å². The highest BCUT2D eigenvalue weighted by molar-refractivity contribution is 7.15. The quantitative estimate of drug-likeness (QED) is 0.592. The van der Waals surface area contributed by atoms with E-state index in [0.29, 0.717) is 12.8 Å². The monoisotopic (exact) mass is 416 g/mol. The number of rotatable bonds is 5. The molecule has 0 amide bonds. The molecule has 0 saturated heterocycles. The van der Waals surface area contributed by atoms with Gasteiger partial charge in [0, 0.05) is 21.9 Å². The van der Waals surface area contributed by atoms with E-state index in [1.165, 1.54) is 0 Å². The standard InChI is InChI=1S/C22H28N2O4S/c1-21-9-8-17(26)22(2,12-25)16(21)11-15-19(14(21)10-18(27)28)24-20(29-15)23-13-6-4-3-5-7-13/h3-7,14,16-17,25-26H,8-12H2,1-2H3,(H,23,24)(H,27,28)/t14-,16+,17-,21+,22+/m1/s1. The van der Waals surface area contributed by atoms with Crippen LogP contribution in [0.1, 0.15) is 49.6 Å². The summed E-state index contributed by atoms with van der Waals surface area (Å²) in [7, 11) is 0. The van der Waals surface area contributed by atoms with E-state index in [-0.39, 0.29) is 30.3 Å². The van der Waals surface area contributed by atoms with Crippen LogP contribution in [0.5, 0.6) is 0 Å². The van der Waals surface area contributed by atoms with Gasteiger partial charge in [0.05, 0.1) is 24.8 Å². The third kappa shape index (κ3) is 3.35. The SMILES string of the molecule is C[C@]1(CO)[C@H]2Cc3sc(Nc4ccccc4)nc3[C@@H](CC(=O)O)[C@]2(C)CC[C@H]1O. The van der Waals surface area contributed by atoms with Gasteiger partial charge in [-0.05, 0) is 42.7 Å². The highest BCUT2D eigenvalue weighted by atomic mass is 32.1. The van der Waals surface area contributed by atoms with Gasteiger partial charge in [0.2, 0.25) is 0 Å². The molecule has 0 spiro atoms. The molecule has 29 heavy (non-hydrogen) atoms. The fourth-order valence-corrected chi connectivity index (χ4v) is 6.61. The number of fused-ring (bicyclic) bond motifs is 2. The Labute approximate surface area is 174 Å². The molecule has 2 aromatic rings. The fourth-order valence-electron chi connectivity index (χ4n) is 5.52. The Morgan fingerprint density at radius 3 is 2.69 bits per heavy atom. The van der Waals surface area contributed by atoms with E-state index in [0.717, 1.165) is 27.8 Å². The molecule has 2 aliphatic carbocycles. The number of aliphatic hydroxyl groups excluding tert-OH is 2. The third-order valence-corrected chi connectivity index (χ3v) is 8.31. The van der Waals surface area contributed by atoms with Crippen LogP contribution in [-0.4, -0.2) is 39.0 Å². The van der Waals surface area contributed by atoms with E-state index in [4.69, 9.17) is 4.98 Å². The number of hydrogen-bond donors (Lipinski definition) is 4. The van der Waals surface area contributed by atoms with E-state index >= 15 is 0 Å². The molecular formula is C22H28N2O4S. The van der Waals surface area contributed by atoms with Gasteiger partial charge >= 0.3 is 5.97 Å². The second kappa shape index (κ2) is 7.38. The lowest BCUT2D eigenvalue weighted by Gasteiger charge is -2.58. The number of para-hydroxylation sites is 1. The number of nitrogens with zero attached hydrogens (tertiary/aromatic N) is 1. The maximum absolute atomic E-state index is 11.7. The lowest BCUT2D eigenvalue weighted by molar-refractivity contribution is -0.150. The number of aromatic nitrogens is 1. The molecule has 0 unspecified atom stereocenters. The van der Waals surface area contributed by atoms with E-state index in [1.54, 1.807) is 11.3 Å². The smallest absolute Gasteiger partial charge is 0.304 e. The van der Waals surface area contributed by atoms with E-state index < -0.39 is 17.5 Å². The largest absolute Gasteiger partial charge is 0.481 e. The molecule has 1 saturated carbocycles. The lowest BCUT2D eigenvalue weighted by atomic mass is 9.47. The van der Waals surface area contributed by atoms with Crippen LogP contribution in [0.2, 0.25) is 0 Å². The Balaban J connectivity index is 1.76. The molecule has 7 heteroatoms. The van der Waals surface area contributed by atoms with Crippen LogP contribution in [-0.2, 0) is 11.2 Å². The third-order valence-electron chi connectivity index (χ3n) is 7.30. The average Bonchev–Trinajstić information content (AvgIpc) is 3.09. The van der Waals surface area contributed by atoms with Crippen LogP contribution in [0, 0.1) is 16.7 Å². The Morgan fingerprint density at radius 2 is 2.03 bits per heavy atom. The number of aliphatic hydroxyl groups is 2. The molecule has 5 atom stereocenters. The van der Waals surface area contributed by atoms with Crippen molar-refractivity contribution in [3.05, 3.63) is 40.9 Å². The minimum absolute atomic E-state index is 0.00607. The first kappa shape index (κ1) is 20.3. The summed E-state index contributed by atoms with van der Waals surface area (Å²) in [6, 6.07) is 9.79. The predicted molar refractivity (Wildman–Crippen MR) is 113 cm³/mol. The summed E-state index contributed by atoms with van der Waals surface area (Å²) >= 11 is 1.55. The number of hydrogen-bond acceptors (Lipinski definition) is 6. The second-order valence-corrected chi connectivity index (χ2v) is 10.0. The topological polar surface area (TPSA) is 103 Å². The molecule has 1 aromatic heterocycles. The molecule has 2 aliphatic rings. The van der Waals surface area contributed by atoms with Gasteiger partial charge in [0.25, 0.3) is 0 Å². The minimum atomic E-state index is -0.842. The summed E-state index contributed by atoms with van der Waals surface area (Å²) < 4.78 is 0. The lowest BCUT2D eigenvalue weighted by Crippen LogP contribution is -2.57. The first-order valence-electron chi connectivity index (χ1n) is 10.1. The van der Waals surface area contributed by atoms with Gasteiger partial charge in [0.1, 0.15) is 0 Å². The molecule has 4 rings (SSSR count). The van der Waals surface area contributed by atoms with Crippen molar-refractivity contribution >= 4 is 28.1 Å². The number of carboxylic acid groups (broad SMARTS) is 1. The number of anilines is 2. The minimum Gasteiger partial charge on any atom is -0.481 e. The van der Waals surface area contributed by atoms with Gasteiger partial charge in [-0.2, -0.15) is 0 Å². The molecule has 0 radical (unpaired) electrons. The maximum Gasteiger partial charge on any atom is 0.304 e. The summed E-state index contributed by atoms with van der Waals surface area (Å²) in [6.45, 7) is 3.95. The highest BCUT2D eigenvalue weighted by Crippen LogP contribution is 2.62. The molecule has 1 fully saturated rings. The zero-order valence-corrected chi connectivity index (χ0v) is 17.6. The van der Waals surface area contributed by atoms with Crippen LogP contribution in [0.15, 0.2) is 30.3 Å². The van der Waals surface area contributed by atoms with Crippen molar-refractivity contribution in [3.63, 3.8) is 0 Å². The molecule has 6 nitrogen and oxygen atoms in total. The van der Waals surface area contributed by atoms with Gasteiger partial charge in [-0.25, -0.2) is 4.98 Å². The Bertz CT molecular complexity index is 901. The van der Waals surface area contributed by atoms with Crippen molar-refractivity contribution in [2.75, 3.05) is 11.9 Å². The number of benzene rings is 1. The highest BCUT2D eigenvalue weighted by Gasteiger charge is 2.59. The van der Waals surface area contributed by atoms with Crippen molar-refractivity contribution in [2.24, 2.45) is 16.7 Å². The molecular weight excluding hydrogens is 388 g/mol.